The Morgan fingerprint density at radius 2 is 1.97 bits per heavy atom. The van der Waals surface area contributed by atoms with Gasteiger partial charge in [-0.1, -0.05) is 29.6 Å². The summed E-state index contributed by atoms with van der Waals surface area (Å²) in [4.78, 5) is 21.0. The fourth-order valence-corrected chi connectivity index (χ4v) is 4.48. The van der Waals surface area contributed by atoms with E-state index in [0.717, 1.165) is 29.8 Å². The zero-order valence-electron chi connectivity index (χ0n) is 17.8. The normalized spacial score (nSPS) is 15.3. The van der Waals surface area contributed by atoms with Crippen LogP contribution in [-0.4, -0.2) is 39.8 Å². The summed E-state index contributed by atoms with van der Waals surface area (Å²) in [7, 11) is 3.10. The van der Waals surface area contributed by atoms with E-state index >= 15 is 0 Å². The number of hydrogen-bond donors (Lipinski definition) is 1. The molecule has 0 bridgehead atoms. The van der Waals surface area contributed by atoms with E-state index in [4.69, 9.17) is 18.9 Å². The number of rotatable bonds is 6. The van der Waals surface area contributed by atoms with E-state index in [-0.39, 0.29) is 16.3 Å². The van der Waals surface area contributed by atoms with Crippen LogP contribution in [0.1, 0.15) is 28.2 Å². The molecule has 10 heteroatoms. The lowest BCUT2D eigenvalue weighted by Crippen LogP contribution is -2.06. The van der Waals surface area contributed by atoms with Crippen LogP contribution in [0.25, 0.3) is 21.9 Å². The average Bonchev–Trinajstić information content (AvgIpc) is 3.48. The van der Waals surface area contributed by atoms with Gasteiger partial charge in [0.2, 0.25) is 0 Å². The second-order valence-corrected chi connectivity index (χ2v) is 8.13. The molecule has 1 N–H and O–H groups in total. The molecule has 1 aliphatic heterocycles. The summed E-state index contributed by atoms with van der Waals surface area (Å²) in [6, 6.07) is 3.52. The molecule has 168 valence electrons. The smallest absolute Gasteiger partial charge is 0.348 e. The molecule has 0 fully saturated rings. The van der Waals surface area contributed by atoms with Crippen molar-refractivity contribution in [3.8, 4) is 16.6 Å². The van der Waals surface area contributed by atoms with E-state index in [1.807, 2.05) is 12.2 Å². The van der Waals surface area contributed by atoms with Gasteiger partial charge in [-0.15, -0.1) is 0 Å². The molecule has 0 amide bonds. The van der Waals surface area contributed by atoms with Gasteiger partial charge in [0.25, 0.3) is 0 Å². The van der Waals surface area contributed by atoms with Crippen molar-refractivity contribution in [1.82, 2.24) is 14.5 Å². The van der Waals surface area contributed by atoms with Gasteiger partial charge >= 0.3 is 5.97 Å². The predicted octanol–water partition coefficient (Wildman–Crippen LogP) is 4.66. The molecule has 0 saturated carbocycles. The fourth-order valence-electron chi connectivity index (χ4n) is 3.59. The van der Waals surface area contributed by atoms with Crippen LogP contribution in [0.5, 0.6) is 11.5 Å². The minimum atomic E-state index is -1.11. The molecule has 9 nitrogen and oxygen atoms in total. The Morgan fingerprint density at radius 3 is 2.70 bits per heavy atom. The van der Waals surface area contributed by atoms with Crippen LogP contribution < -0.4 is 9.47 Å². The van der Waals surface area contributed by atoms with Gasteiger partial charge in [-0.05, 0) is 18.4 Å². The van der Waals surface area contributed by atoms with Crippen molar-refractivity contribution in [2.45, 2.75) is 12.8 Å². The third-order valence-corrected chi connectivity index (χ3v) is 6.25. The molecule has 5 rings (SSSR count). The first kappa shape index (κ1) is 20.8. The number of carbonyl (C=O) groups is 1. The number of hydrogen-bond acceptors (Lipinski definition) is 8. The Bertz CT molecular complexity index is 1380. The van der Waals surface area contributed by atoms with Crippen LogP contribution in [-0.2, 0) is 9.47 Å². The Balaban J connectivity index is 1.55. The van der Waals surface area contributed by atoms with E-state index in [1.54, 1.807) is 37.2 Å². The molecule has 2 aromatic heterocycles. The van der Waals surface area contributed by atoms with Gasteiger partial charge < -0.3 is 24.1 Å². The lowest BCUT2D eigenvalue weighted by Gasteiger charge is -2.18. The molecule has 0 saturated heterocycles. The van der Waals surface area contributed by atoms with Crippen LogP contribution in [0.15, 0.2) is 60.5 Å². The first-order valence-electron chi connectivity index (χ1n) is 10.0. The highest BCUT2D eigenvalue weighted by Crippen LogP contribution is 2.37. The highest BCUT2D eigenvalue weighted by molar-refractivity contribution is 7.16. The summed E-state index contributed by atoms with van der Waals surface area (Å²) in [6.07, 6.45) is 12.1. The molecular weight excluding hydrogens is 446 g/mol. The molecule has 0 unspecified atom stereocenters. The standard InChI is InChI=1S/C23H19N3O6S/c1-29-16-8-14-15(9-17(16)30-2)26(12-24-14)23-25-20(21(33-23)22(27)28)19-11-31-10-18(32-19)13-6-4-3-5-7-13/h3-4,6,8-12H,5,7H2,1-2H3,(H,27,28). The van der Waals surface area contributed by atoms with Gasteiger partial charge in [-0.25, -0.2) is 14.8 Å². The first-order valence-corrected chi connectivity index (χ1v) is 10.8. The van der Waals surface area contributed by atoms with Crippen molar-refractivity contribution in [3.63, 3.8) is 0 Å². The third kappa shape index (κ3) is 3.74. The Morgan fingerprint density at radius 1 is 1.18 bits per heavy atom. The van der Waals surface area contributed by atoms with E-state index in [2.05, 4.69) is 16.0 Å². The number of carboxylic acid groups (broad SMARTS) is 1. The highest BCUT2D eigenvalue weighted by Gasteiger charge is 2.27. The molecule has 33 heavy (non-hydrogen) atoms. The maximum atomic E-state index is 12.0. The molecule has 3 aromatic rings. The number of imidazole rings is 1. The van der Waals surface area contributed by atoms with Crippen LogP contribution in [0.4, 0.5) is 0 Å². The topological polar surface area (TPSA) is 105 Å². The quantitative estimate of drug-likeness (QED) is 0.560. The van der Waals surface area contributed by atoms with E-state index in [9.17, 15) is 9.90 Å². The zero-order chi connectivity index (χ0) is 22.9. The fraction of sp³-hybridized carbons (Fsp3) is 0.174. The zero-order valence-corrected chi connectivity index (χ0v) is 18.6. The van der Waals surface area contributed by atoms with E-state index in [1.165, 1.54) is 12.5 Å². The second-order valence-electron chi connectivity index (χ2n) is 7.15. The van der Waals surface area contributed by atoms with Crippen LogP contribution in [0, 0.1) is 0 Å². The van der Waals surface area contributed by atoms with Gasteiger partial charge in [0.15, 0.2) is 28.1 Å². The van der Waals surface area contributed by atoms with Crippen LogP contribution in [0.3, 0.4) is 0 Å². The van der Waals surface area contributed by atoms with Gasteiger partial charge in [0.1, 0.15) is 29.4 Å². The van der Waals surface area contributed by atoms with Crippen molar-refractivity contribution in [3.05, 3.63) is 71.1 Å². The lowest BCUT2D eigenvalue weighted by atomic mass is 10.0. The number of allylic oxidation sites excluding steroid dienone is 4. The number of nitrogens with zero attached hydrogens (tertiary/aromatic N) is 3. The Hall–Kier alpha value is -4.05. The molecule has 0 spiro atoms. The Kier molecular flexibility index (Phi) is 5.35. The summed E-state index contributed by atoms with van der Waals surface area (Å²) < 4.78 is 23.9. The van der Waals surface area contributed by atoms with Crippen molar-refractivity contribution in [1.29, 1.82) is 0 Å². The number of thiazole rings is 1. The van der Waals surface area contributed by atoms with E-state index < -0.39 is 5.97 Å². The number of benzene rings is 1. The number of methoxy groups -OCH3 is 2. The summed E-state index contributed by atoms with van der Waals surface area (Å²) in [6.45, 7) is 0. The van der Waals surface area contributed by atoms with Gasteiger partial charge in [0.05, 0.1) is 25.3 Å². The molecule has 0 radical (unpaired) electrons. The second kappa shape index (κ2) is 8.47. The molecule has 0 atom stereocenters. The maximum Gasteiger partial charge on any atom is 0.348 e. The first-order chi connectivity index (χ1) is 16.1. The van der Waals surface area contributed by atoms with Crippen molar-refractivity contribution >= 4 is 34.1 Å². The number of ether oxygens (including phenoxy) is 4. The van der Waals surface area contributed by atoms with Crippen molar-refractivity contribution in [2.75, 3.05) is 14.2 Å². The van der Waals surface area contributed by atoms with Crippen LogP contribution in [0.2, 0.25) is 0 Å². The van der Waals surface area contributed by atoms with Gasteiger partial charge in [-0.2, -0.15) is 0 Å². The van der Waals surface area contributed by atoms with Crippen molar-refractivity contribution < 1.29 is 28.8 Å². The van der Waals surface area contributed by atoms with Gasteiger partial charge in [0, 0.05) is 12.1 Å². The molecule has 3 heterocycles. The van der Waals surface area contributed by atoms with Crippen LogP contribution >= 0.6 is 11.3 Å². The lowest BCUT2D eigenvalue weighted by molar-refractivity contribution is 0.0701. The van der Waals surface area contributed by atoms with Crippen molar-refractivity contribution in [2.24, 2.45) is 0 Å². The minimum Gasteiger partial charge on any atom is -0.493 e. The average molecular weight is 465 g/mol. The molecule has 1 aromatic carbocycles. The molecule has 1 aliphatic carbocycles. The number of fused-ring (bicyclic) bond motifs is 1. The highest BCUT2D eigenvalue weighted by atomic mass is 32.1. The summed E-state index contributed by atoms with van der Waals surface area (Å²) >= 11 is 1.01. The largest absolute Gasteiger partial charge is 0.493 e. The third-order valence-electron chi connectivity index (χ3n) is 5.20. The summed E-state index contributed by atoms with van der Waals surface area (Å²) in [5.41, 5.74) is 2.50. The number of aromatic nitrogens is 3. The predicted molar refractivity (Wildman–Crippen MR) is 121 cm³/mol. The van der Waals surface area contributed by atoms with Gasteiger partial charge in [-0.3, -0.25) is 4.57 Å². The Labute approximate surface area is 192 Å². The summed E-state index contributed by atoms with van der Waals surface area (Å²) in [5.74, 6) is 0.723. The summed E-state index contributed by atoms with van der Waals surface area (Å²) in [5, 5.41) is 10.3. The SMILES string of the molecule is COc1cc2ncn(-c3nc(C4=COC=C(C5=CC=CCC5)O4)c(C(=O)O)s3)c2cc1OC. The molecule has 2 aliphatic rings. The molecular formula is C23H19N3O6S. The minimum absolute atomic E-state index is 0.0287. The van der Waals surface area contributed by atoms with E-state index in [0.29, 0.717) is 33.4 Å². The number of carboxylic acids is 1. The number of aromatic carboxylic acids is 1. The maximum absolute atomic E-state index is 12.0. The monoisotopic (exact) mass is 465 g/mol.